The maximum absolute atomic E-state index is 11.7. The highest BCUT2D eigenvalue weighted by atomic mass is 16.1. The predicted molar refractivity (Wildman–Crippen MR) is 55.6 cm³/mol. The maximum Gasteiger partial charge on any atom is 0.150 e. The molecule has 1 aliphatic carbocycles. The molecule has 1 fully saturated rings. The summed E-state index contributed by atoms with van der Waals surface area (Å²) in [4.78, 5) is 11.7. The number of nitrogens with zero attached hydrogens (tertiary/aromatic N) is 1. The molecule has 0 amide bonds. The fraction of sp³-hybridized carbons (Fsp3) is 0.833. The quantitative estimate of drug-likeness (QED) is 0.673. The van der Waals surface area contributed by atoms with Gasteiger partial charge in [0.05, 0.1) is 6.07 Å². The van der Waals surface area contributed by atoms with Crippen molar-refractivity contribution in [1.29, 1.82) is 5.26 Å². The van der Waals surface area contributed by atoms with Crippen molar-refractivity contribution in [2.45, 2.75) is 51.9 Å². The lowest BCUT2D eigenvalue weighted by atomic mass is 9.91. The van der Waals surface area contributed by atoms with Gasteiger partial charge in [-0.2, -0.15) is 5.26 Å². The van der Waals surface area contributed by atoms with E-state index in [2.05, 4.69) is 6.07 Å². The minimum absolute atomic E-state index is 0.182. The van der Waals surface area contributed by atoms with E-state index in [1.54, 1.807) is 0 Å². The molecule has 2 nitrogen and oxygen atoms in total. The van der Waals surface area contributed by atoms with Gasteiger partial charge in [0.15, 0.2) is 0 Å². The Hall–Kier alpha value is -0.840. The first-order valence-corrected chi connectivity index (χ1v) is 5.70. The van der Waals surface area contributed by atoms with Crippen LogP contribution < -0.4 is 0 Å². The molecule has 0 aromatic carbocycles. The Morgan fingerprint density at radius 1 is 1.50 bits per heavy atom. The Morgan fingerprint density at radius 2 is 2.14 bits per heavy atom. The van der Waals surface area contributed by atoms with E-state index in [1.165, 1.54) is 25.7 Å². The fourth-order valence-corrected chi connectivity index (χ4v) is 2.23. The summed E-state index contributed by atoms with van der Waals surface area (Å²) in [6, 6.07) is 2.13. The summed E-state index contributed by atoms with van der Waals surface area (Å²) in [5.41, 5.74) is 0. The third kappa shape index (κ3) is 3.14. The summed E-state index contributed by atoms with van der Waals surface area (Å²) in [5.74, 6) is 0.428. The van der Waals surface area contributed by atoms with Crippen LogP contribution in [0.15, 0.2) is 0 Å². The van der Waals surface area contributed by atoms with E-state index in [4.69, 9.17) is 5.26 Å². The molecule has 0 saturated heterocycles. The van der Waals surface area contributed by atoms with Gasteiger partial charge in [-0.15, -0.1) is 0 Å². The standard InChI is InChI=1S/C12H19NO/c1-2-5-11(9-13)12(14)8-10-6-3-4-7-10/h10-11H,2-8H2,1H3. The highest BCUT2D eigenvalue weighted by molar-refractivity contribution is 5.83. The van der Waals surface area contributed by atoms with E-state index in [9.17, 15) is 4.79 Å². The second-order valence-corrected chi connectivity index (χ2v) is 4.29. The number of carbonyl (C=O) groups excluding carboxylic acids is 1. The minimum atomic E-state index is -0.333. The van der Waals surface area contributed by atoms with Crippen LogP contribution in [0.2, 0.25) is 0 Å². The van der Waals surface area contributed by atoms with Crippen LogP contribution in [0.3, 0.4) is 0 Å². The molecule has 0 aliphatic heterocycles. The predicted octanol–water partition coefficient (Wildman–Crippen LogP) is 3.08. The van der Waals surface area contributed by atoms with Crippen LogP contribution in [0, 0.1) is 23.2 Å². The molecule has 0 spiro atoms. The number of rotatable bonds is 5. The summed E-state index contributed by atoms with van der Waals surface area (Å²) < 4.78 is 0. The fourth-order valence-electron chi connectivity index (χ4n) is 2.23. The molecule has 1 atom stereocenters. The first-order chi connectivity index (χ1) is 6.77. The molecule has 2 heteroatoms. The van der Waals surface area contributed by atoms with Crippen molar-refractivity contribution in [3.05, 3.63) is 0 Å². The number of hydrogen-bond acceptors (Lipinski definition) is 2. The highest BCUT2D eigenvalue weighted by Crippen LogP contribution is 2.29. The van der Waals surface area contributed by atoms with Crippen molar-refractivity contribution in [1.82, 2.24) is 0 Å². The summed E-state index contributed by atoms with van der Waals surface area (Å²) >= 11 is 0. The average Bonchev–Trinajstić information content (AvgIpc) is 2.66. The van der Waals surface area contributed by atoms with Crippen molar-refractivity contribution in [2.75, 3.05) is 0 Å². The van der Waals surface area contributed by atoms with Crippen molar-refractivity contribution in [2.24, 2.45) is 11.8 Å². The zero-order valence-electron chi connectivity index (χ0n) is 8.96. The van der Waals surface area contributed by atoms with Crippen molar-refractivity contribution >= 4 is 5.78 Å². The molecule has 0 bridgehead atoms. The molecule has 0 N–H and O–H groups in total. The summed E-state index contributed by atoms with van der Waals surface area (Å²) in [6.07, 6.45) is 7.23. The molecule has 78 valence electrons. The van der Waals surface area contributed by atoms with Crippen LogP contribution in [0.1, 0.15) is 51.9 Å². The monoisotopic (exact) mass is 193 g/mol. The highest BCUT2D eigenvalue weighted by Gasteiger charge is 2.23. The Bertz CT molecular complexity index is 223. The second-order valence-electron chi connectivity index (χ2n) is 4.29. The third-order valence-corrected chi connectivity index (χ3v) is 3.09. The van der Waals surface area contributed by atoms with Crippen molar-refractivity contribution in [3.8, 4) is 6.07 Å². The maximum atomic E-state index is 11.7. The van der Waals surface area contributed by atoms with Gasteiger partial charge in [0.2, 0.25) is 0 Å². The zero-order valence-corrected chi connectivity index (χ0v) is 8.96. The van der Waals surface area contributed by atoms with Gasteiger partial charge >= 0.3 is 0 Å². The van der Waals surface area contributed by atoms with Gasteiger partial charge in [0.1, 0.15) is 11.7 Å². The van der Waals surface area contributed by atoms with Crippen LogP contribution in [-0.4, -0.2) is 5.78 Å². The van der Waals surface area contributed by atoms with Crippen LogP contribution in [0.4, 0.5) is 0 Å². The van der Waals surface area contributed by atoms with E-state index in [-0.39, 0.29) is 11.7 Å². The molecule has 0 aromatic heterocycles. The lowest BCUT2D eigenvalue weighted by Crippen LogP contribution is -2.15. The van der Waals surface area contributed by atoms with Gasteiger partial charge in [0.25, 0.3) is 0 Å². The van der Waals surface area contributed by atoms with E-state index < -0.39 is 0 Å². The summed E-state index contributed by atoms with van der Waals surface area (Å²) in [6.45, 7) is 2.02. The SMILES string of the molecule is CCCC(C#N)C(=O)CC1CCCC1. The Labute approximate surface area is 86.3 Å². The lowest BCUT2D eigenvalue weighted by Gasteiger charge is -2.10. The van der Waals surface area contributed by atoms with Gasteiger partial charge in [0, 0.05) is 6.42 Å². The van der Waals surface area contributed by atoms with Crippen LogP contribution >= 0.6 is 0 Å². The molecule has 14 heavy (non-hydrogen) atoms. The van der Waals surface area contributed by atoms with Crippen molar-refractivity contribution < 1.29 is 4.79 Å². The van der Waals surface area contributed by atoms with Gasteiger partial charge in [-0.05, 0) is 12.3 Å². The van der Waals surface area contributed by atoms with E-state index >= 15 is 0 Å². The lowest BCUT2D eigenvalue weighted by molar-refractivity contribution is -0.122. The van der Waals surface area contributed by atoms with Gasteiger partial charge in [-0.3, -0.25) is 4.79 Å². The largest absolute Gasteiger partial charge is 0.298 e. The smallest absolute Gasteiger partial charge is 0.150 e. The van der Waals surface area contributed by atoms with Crippen molar-refractivity contribution in [3.63, 3.8) is 0 Å². The number of carbonyl (C=O) groups is 1. The molecular formula is C12H19NO. The second kappa shape index (κ2) is 5.80. The summed E-state index contributed by atoms with van der Waals surface area (Å²) in [5, 5.41) is 8.83. The minimum Gasteiger partial charge on any atom is -0.298 e. The van der Waals surface area contributed by atoms with E-state index in [0.717, 1.165) is 12.8 Å². The number of nitriles is 1. The third-order valence-electron chi connectivity index (χ3n) is 3.09. The molecule has 0 radical (unpaired) electrons. The van der Waals surface area contributed by atoms with Crippen LogP contribution in [0.5, 0.6) is 0 Å². The Balaban J connectivity index is 2.35. The van der Waals surface area contributed by atoms with E-state index in [1.807, 2.05) is 6.92 Å². The van der Waals surface area contributed by atoms with Gasteiger partial charge in [-0.1, -0.05) is 39.0 Å². The van der Waals surface area contributed by atoms with Gasteiger partial charge in [-0.25, -0.2) is 0 Å². The first-order valence-electron chi connectivity index (χ1n) is 5.70. The molecule has 0 aromatic rings. The number of Topliss-reactive ketones (excluding diaryl/α,β-unsaturated/α-hetero) is 1. The molecule has 1 aliphatic rings. The molecule has 0 heterocycles. The number of ketones is 1. The molecule has 1 unspecified atom stereocenters. The van der Waals surface area contributed by atoms with E-state index in [0.29, 0.717) is 12.3 Å². The average molecular weight is 193 g/mol. The molecular weight excluding hydrogens is 174 g/mol. The van der Waals surface area contributed by atoms with Gasteiger partial charge < -0.3 is 0 Å². The Kier molecular flexibility index (Phi) is 4.65. The summed E-state index contributed by atoms with van der Waals surface area (Å²) in [7, 11) is 0. The topological polar surface area (TPSA) is 40.9 Å². The van der Waals surface area contributed by atoms with Crippen LogP contribution in [0.25, 0.3) is 0 Å². The first kappa shape index (κ1) is 11.2. The molecule has 1 rings (SSSR count). The normalized spacial score (nSPS) is 19.1. The zero-order chi connectivity index (χ0) is 10.4. The molecule has 1 saturated carbocycles. The Morgan fingerprint density at radius 3 is 2.64 bits per heavy atom. The number of hydrogen-bond donors (Lipinski definition) is 0. The van der Waals surface area contributed by atoms with Crippen LogP contribution in [-0.2, 0) is 4.79 Å².